The van der Waals surface area contributed by atoms with E-state index >= 15 is 0 Å². The van der Waals surface area contributed by atoms with Crippen LogP contribution in [0.4, 0.5) is 0 Å². The fraction of sp³-hybridized carbons (Fsp3) is 0.579. The molecule has 1 unspecified atom stereocenters. The molecule has 0 bridgehead atoms. The molecule has 1 saturated heterocycles. The number of hydrogen-bond donors (Lipinski definition) is 1. The van der Waals surface area contributed by atoms with E-state index in [4.69, 9.17) is 0 Å². The van der Waals surface area contributed by atoms with Gasteiger partial charge in [-0.1, -0.05) is 37.5 Å². The molecule has 2 heteroatoms. The van der Waals surface area contributed by atoms with Crippen molar-refractivity contribution in [1.82, 2.24) is 9.88 Å². The Morgan fingerprint density at radius 3 is 2.86 bits per heavy atom. The summed E-state index contributed by atoms with van der Waals surface area (Å²) < 4.78 is 0. The smallest absolute Gasteiger partial charge is 0.0507 e. The van der Waals surface area contributed by atoms with E-state index in [0.717, 1.165) is 0 Å². The minimum Gasteiger partial charge on any atom is -0.357 e. The van der Waals surface area contributed by atoms with Gasteiger partial charge < -0.3 is 4.98 Å². The van der Waals surface area contributed by atoms with E-state index in [9.17, 15) is 0 Å². The van der Waals surface area contributed by atoms with Gasteiger partial charge in [0.05, 0.1) is 6.04 Å². The summed E-state index contributed by atoms with van der Waals surface area (Å²) in [6.07, 6.45) is 9.94. The average Bonchev–Trinajstić information content (AvgIpc) is 3.06. The van der Waals surface area contributed by atoms with Crippen LogP contribution in [0.5, 0.6) is 0 Å². The Labute approximate surface area is 126 Å². The van der Waals surface area contributed by atoms with Gasteiger partial charge in [-0.3, -0.25) is 4.90 Å². The van der Waals surface area contributed by atoms with Gasteiger partial charge in [0.25, 0.3) is 0 Å². The number of benzene rings is 1. The lowest BCUT2D eigenvalue weighted by molar-refractivity contribution is 0.181. The lowest BCUT2D eigenvalue weighted by atomic mass is 9.72. The summed E-state index contributed by atoms with van der Waals surface area (Å²) in [4.78, 5) is 6.55. The molecule has 2 aromatic rings. The molecule has 1 atom stereocenters. The van der Waals surface area contributed by atoms with Gasteiger partial charge in [-0.15, -0.1) is 0 Å². The first-order valence-electron chi connectivity index (χ1n) is 8.68. The van der Waals surface area contributed by atoms with Crippen LogP contribution < -0.4 is 0 Å². The molecule has 1 saturated carbocycles. The number of nitrogens with one attached hydrogen (secondary N) is 1. The van der Waals surface area contributed by atoms with E-state index in [2.05, 4.69) is 34.1 Å². The summed E-state index contributed by atoms with van der Waals surface area (Å²) in [5.74, 6) is 0. The molecule has 3 heterocycles. The van der Waals surface area contributed by atoms with Crippen LogP contribution in [-0.2, 0) is 6.42 Å². The lowest BCUT2D eigenvalue weighted by Crippen LogP contribution is -2.33. The second-order valence-electron chi connectivity index (χ2n) is 7.56. The number of H-pyrrole nitrogens is 1. The van der Waals surface area contributed by atoms with E-state index in [1.54, 1.807) is 11.3 Å². The minimum atomic E-state index is 0.641. The van der Waals surface area contributed by atoms with Crippen LogP contribution >= 0.6 is 0 Å². The first kappa shape index (κ1) is 12.3. The van der Waals surface area contributed by atoms with Gasteiger partial charge in [0.2, 0.25) is 0 Å². The van der Waals surface area contributed by atoms with Crippen LogP contribution in [0, 0.1) is 5.41 Å². The molecule has 1 aromatic heterocycles. The van der Waals surface area contributed by atoms with Crippen LogP contribution in [0.15, 0.2) is 24.3 Å². The largest absolute Gasteiger partial charge is 0.357 e. The molecular weight excluding hydrogens is 256 g/mol. The highest BCUT2D eigenvalue weighted by Gasteiger charge is 2.47. The van der Waals surface area contributed by atoms with E-state index in [0.29, 0.717) is 11.5 Å². The first-order valence-corrected chi connectivity index (χ1v) is 8.68. The van der Waals surface area contributed by atoms with Crippen molar-refractivity contribution in [3.63, 3.8) is 0 Å². The second kappa shape index (κ2) is 4.36. The Balaban J connectivity index is 1.57. The lowest BCUT2D eigenvalue weighted by Gasteiger charge is -2.33. The quantitative estimate of drug-likeness (QED) is 0.757. The molecule has 110 valence electrons. The number of aromatic amines is 1. The zero-order valence-electron chi connectivity index (χ0n) is 12.7. The standard InChI is InChI=1S/C19H24N2/c1-4-9-19(10-5-1)12-17-18-15(8-11-21(17)13-19)14-6-2-3-7-16(14)20-18/h2-3,6-7,17,20H,1,4-5,8-13H2. The molecule has 1 spiro atoms. The van der Waals surface area contributed by atoms with Gasteiger partial charge >= 0.3 is 0 Å². The molecule has 2 aliphatic heterocycles. The molecule has 2 nitrogen and oxygen atoms in total. The van der Waals surface area contributed by atoms with Crippen LogP contribution in [0.1, 0.15) is 55.8 Å². The van der Waals surface area contributed by atoms with Crippen molar-refractivity contribution < 1.29 is 0 Å². The molecule has 21 heavy (non-hydrogen) atoms. The van der Waals surface area contributed by atoms with Crippen molar-refractivity contribution in [1.29, 1.82) is 0 Å². The summed E-state index contributed by atoms with van der Waals surface area (Å²) in [7, 11) is 0. The number of nitrogens with zero attached hydrogens (tertiary/aromatic N) is 1. The van der Waals surface area contributed by atoms with Gasteiger partial charge in [-0.05, 0) is 42.7 Å². The summed E-state index contributed by atoms with van der Waals surface area (Å²) in [5, 5.41) is 1.47. The van der Waals surface area contributed by atoms with Crippen LogP contribution in [0.3, 0.4) is 0 Å². The normalized spacial score (nSPS) is 27.9. The molecule has 1 aromatic carbocycles. The average molecular weight is 280 g/mol. The summed E-state index contributed by atoms with van der Waals surface area (Å²) in [6, 6.07) is 9.54. The Bertz CT molecular complexity index is 678. The maximum atomic E-state index is 3.77. The Morgan fingerprint density at radius 2 is 1.95 bits per heavy atom. The highest BCUT2D eigenvalue weighted by molar-refractivity contribution is 5.85. The molecular formula is C19H24N2. The first-order chi connectivity index (χ1) is 10.3. The molecule has 1 N–H and O–H groups in total. The van der Waals surface area contributed by atoms with E-state index in [-0.39, 0.29) is 0 Å². The topological polar surface area (TPSA) is 19.0 Å². The van der Waals surface area contributed by atoms with Crippen LogP contribution in [-0.4, -0.2) is 23.0 Å². The van der Waals surface area contributed by atoms with Crippen molar-refractivity contribution in [2.75, 3.05) is 13.1 Å². The fourth-order valence-electron chi connectivity index (χ4n) is 5.36. The van der Waals surface area contributed by atoms with Gasteiger partial charge in [0, 0.05) is 29.7 Å². The van der Waals surface area contributed by atoms with Gasteiger partial charge in [-0.2, -0.15) is 0 Å². The third kappa shape index (κ3) is 1.75. The van der Waals surface area contributed by atoms with E-state index in [1.165, 1.54) is 68.9 Å². The maximum absolute atomic E-state index is 3.77. The third-order valence-electron chi connectivity index (χ3n) is 6.35. The number of para-hydroxylation sites is 1. The Hall–Kier alpha value is -1.28. The van der Waals surface area contributed by atoms with Gasteiger partial charge in [0.15, 0.2) is 0 Å². The zero-order chi connectivity index (χ0) is 13.9. The van der Waals surface area contributed by atoms with Crippen molar-refractivity contribution >= 4 is 10.9 Å². The second-order valence-corrected chi connectivity index (χ2v) is 7.56. The van der Waals surface area contributed by atoms with Crippen molar-refractivity contribution in [2.24, 2.45) is 5.41 Å². The van der Waals surface area contributed by atoms with Crippen molar-refractivity contribution in [3.05, 3.63) is 35.5 Å². The van der Waals surface area contributed by atoms with Crippen molar-refractivity contribution in [3.8, 4) is 0 Å². The summed E-state index contributed by atoms with van der Waals surface area (Å²) in [6.45, 7) is 2.62. The van der Waals surface area contributed by atoms with E-state index in [1.807, 2.05) is 0 Å². The molecule has 5 rings (SSSR count). The highest BCUT2D eigenvalue weighted by Crippen LogP contribution is 2.53. The monoisotopic (exact) mass is 280 g/mol. The molecule has 0 amide bonds. The molecule has 2 fully saturated rings. The Kier molecular flexibility index (Phi) is 2.55. The third-order valence-corrected chi connectivity index (χ3v) is 6.35. The molecule has 0 radical (unpaired) electrons. The predicted octanol–water partition coefficient (Wildman–Crippen LogP) is 4.42. The maximum Gasteiger partial charge on any atom is 0.0507 e. The SMILES string of the molecule is c1ccc2c3c([nH]c2c1)C1CC2(CCCCC2)CN1CC3. The predicted molar refractivity (Wildman–Crippen MR) is 86.5 cm³/mol. The number of aromatic nitrogens is 1. The van der Waals surface area contributed by atoms with Crippen LogP contribution in [0.2, 0.25) is 0 Å². The van der Waals surface area contributed by atoms with Gasteiger partial charge in [-0.25, -0.2) is 0 Å². The van der Waals surface area contributed by atoms with Crippen LogP contribution in [0.25, 0.3) is 10.9 Å². The molecule has 3 aliphatic rings. The number of fused-ring (bicyclic) bond motifs is 5. The Morgan fingerprint density at radius 1 is 1.10 bits per heavy atom. The number of hydrogen-bond acceptors (Lipinski definition) is 1. The van der Waals surface area contributed by atoms with Crippen molar-refractivity contribution in [2.45, 2.75) is 51.0 Å². The highest BCUT2D eigenvalue weighted by atomic mass is 15.2. The fourth-order valence-corrected chi connectivity index (χ4v) is 5.36. The summed E-state index contributed by atoms with van der Waals surface area (Å²) >= 11 is 0. The van der Waals surface area contributed by atoms with Gasteiger partial charge in [0.1, 0.15) is 0 Å². The minimum absolute atomic E-state index is 0.641. The zero-order valence-corrected chi connectivity index (χ0v) is 12.7. The number of rotatable bonds is 0. The van der Waals surface area contributed by atoms with E-state index < -0.39 is 0 Å². The summed E-state index contributed by atoms with van der Waals surface area (Å²) in [5.41, 5.74) is 5.14. The molecule has 1 aliphatic carbocycles.